The van der Waals surface area contributed by atoms with Crippen LogP contribution in [-0.4, -0.2) is 125 Å². The molecule has 17 heteroatoms. The maximum atomic E-state index is 12.5. The summed E-state index contributed by atoms with van der Waals surface area (Å²) in [5.74, 6) is -3.88. The minimum Gasteiger partial charge on any atom is -0.748 e. The fraction of sp³-hybridized carbons (Fsp3) is 0.771. The van der Waals surface area contributed by atoms with Gasteiger partial charge in [-0.1, -0.05) is 308 Å². The molecule has 0 N–H and O–H groups in total. The molecule has 0 radical (unpaired) electrons. The third kappa shape index (κ3) is 53.7. The van der Waals surface area contributed by atoms with Crippen LogP contribution in [0, 0.1) is 0 Å². The quantitative estimate of drug-likeness (QED) is 0.0198. The van der Waals surface area contributed by atoms with Crippen LogP contribution in [0.3, 0.4) is 0 Å². The Bertz CT molecular complexity index is 2050. The molecule has 0 aromatic heterocycles. The van der Waals surface area contributed by atoms with Gasteiger partial charge in [0, 0.05) is 11.5 Å². The summed E-state index contributed by atoms with van der Waals surface area (Å²) in [6.07, 6.45) is 58.0. The van der Waals surface area contributed by atoms with Crippen molar-refractivity contribution in [2.45, 2.75) is 309 Å². The van der Waals surface area contributed by atoms with Gasteiger partial charge in [-0.15, -0.1) is 0 Å². The number of rotatable bonds is 58. The molecule has 2 aromatic rings. The molecule has 0 atom stereocenters. The van der Waals surface area contributed by atoms with Gasteiger partial charge >= 0.3 is 61.6 Å². The van der Waals surface area contributed by atoms with Gasteiger partial charge in [-0.2, -0.15) is 0 Å². The molecule has 87 heavy (non-hydrogen) atoms. The van der Waals surface area contributed by atoms with Gasteiger partial charge in [0.25, 0.3) is 0 Å². The van der Waals surface area contributed by atoms with Gasteiger partial charge in [-0.25, -0.2) is 36.0 Å². The Hall–Kier alpha value is -2.60. The molecule has 0 bridgehead atoms. The molecule has 14 nitrogen and oxygen atoms in total. The minimum absolute atomic E-state index is 0. The molecule has 0 amide bonds. The van der Waals surface area contributed by atoms with Crippen LogP contribution in [0.4, 0.5) is 0 Å². The summed E-state index contributed by atoms with van der Waals surface area (Å²) in [5, 5.41) is 0. The van der Waals surface area contributed by atoms with Crippen molar-refractivity contribution in [3.05, 3.63) is 70.8 Å². The SMILES string of the molecule is CCCCCCCCCCCCCCCCCCCCCCCCOC(=O)c1ccccc1C(=O)OCCCS(=O)(=O)[O-].CCCCCCCCCCCCCCCCCCCCCCCCOC(=O)c1ccccc1C(=O)OCCCS(=O)(=O)[O-].[Ca+2]. The molecule has 0 saturated heterocycles. The Kier molecular flexibility index (Phi) is 57.9. The van der Waals surface area contributed by atoms with Gasteiger partial charge in [0.05, 0.1) is 68.9 Å². The largest absolute Gasteiger partial charge is 2.00 e. The molecular weight excluding hydrogens is 1170 g/mol. The van der Waals surface area contributed by atoms with Crippen LogP contribution < -0.4 is 0 Å². The predicted molar refractivity (Wildman–Crippen MR) is 353 cm³/mol. The number of ether oxygens (including phenoxy) is 4. The molecule has 0 saturated carbocycles. The third-order valence-corrected chi connectivity index (χ3v) is 17.3. The van der Waals surface area contributed by atoms with Crippen LogP contribution in [0.25, 0.3) is 0 Å². The Morgan fingerprint density at radius 1 is 0.276 bits per heavy atom. The third-order valence-electron chi connectivity index (χ3n) is 15.7. The van der Waals surface area contributed by atoms with Crippen LogP contribution in [0.1, 0.15) is 351 Å². The van der Waals surface area contributed by atoms with E-state index < -0.39 is 55.6 Å². The van der Waals surface area contributed by atoms with E-state index in [-0.39, 0.29) is 86.0 Å². The first-order chi connectivity index (χ1) is 41.7. The molecule has 0 unspecified atom stereocenters. The molecule has 0 aliphatic heterocycles. The second kappa shape index (κ2) is 59.7. The minimum atomic E-state index is -4.36. The number of carbonyl (C=O) groups excluding carboxylic acids is 4. The molecule has 0 aliphatic carbocycles. The van der Waals surface area contributed by atoms with Crippen LogP contribution in [-0.2, 0) is 39.2 Å². The van der Waals surface area contributed by atoms with Crippen molar-refractivity contribution in [3.63, 3.8) is 0 Å². The van der Waals surface area contributed by atoms with E-state index in [1.807, 2.05) is 0 Å². The number of benzene rings is 2. The average Bonchev–Trinajstić information content (AvgIpc) is 2.79. The molecule has 2 rings (SSSR count). The van der Waals surface area contributed by atoms with Gasteiger partial charge in [0.1, 0.15) is 0 Å². The summed E-state index contributed by atoms with van der Waals surface area (Å²) in [6, 6.07) is 12.4. The standard InChI is InChI=1S/2C35H60O7S.Ca/c2*1-2-3-4-5-6-7-8-9-10-11-12-13-14-15-16-17-18-19-20-21-22-25-29-41-34(36)32-27-23-24-28-33(32)35(37)42-30-26-31-43(38,39)40;/h2*23-24,27-28H,2-22,25-26,29-31H2,1H3,(H,38,39,40);/q;;+2/p-2. The summed E-state index contributed by atoms with van der Waals surface area (Å²) in [5.41, 5.74) is 0.351. The first-order valence-electron chi connectivity index (χ1n) is 34.4. The zero-order valence-electron chi connectivity index (χ0n) is 54.6. The van der Waals surface area contributed by atoms with Crippen LogP contribution >= 0.6 is 0 Å². The van der Waals surface area contributed by atoms with Crippen molar-refractivity contribution in [2.24, 2.45) is 0 Å². The summed E-state index contributed by atoms with van der Waals surface area (Å²) in [6.45, 7) is 4.71. The first-order valence-corrected chi connectivity index (χ1v) is 37.6. The number of carbonyl (C=O) groups is 4. The number of hydrogen-bond donors (Lipinski definition) is 0. The fourth-order valence-electron chi connectivity index (χ4n) is 10.5. The van der Waals surface area contributed by atoms with Gasteiger partial charge < -0.3 is 28.1 Å². The van der Waals surface area contributed by atoms with Crippen molar-refractivity contribution < 1.29 is 64.1 Å². The molecular formula is C70H118CaO14S2. The Labute approximate surface area is 559 Å². The summed E-state index contributed by atoms with van der Waals surface area (Å²) >= 11 is 0. The van der Waals surface area contributed by atoms with Crippen LogP contribution in [0.15, 0.2) is 48.5 Å². The Morgan fingerprint density at radius 2 is 0.425 bits per heavy atom. The summed E-state index contributed by atoms with van der Waals surface area (Å²) in [4.78, 5) is 49.6. The fourth-order valence-corrected chi connectivity index (χ4v) is 11.5. The second-order valence-corrected chi connectivity index (χ2v) is 26.8. The van der Waals surface area contributed by atoms with Crippen LogP contribution in [0.2, 0.25) is 0 Å². The van der Waals surface area contributed by atoms with Crippen LogP contribution in [0.5, 0.6) is 0 Å². The average molecular weight is 1290 g/mol. The number of esters is 4. The van der Waals surface area contributed by atoms with E-state index in [4.69, 9.17) is 18.9 Å². The Morgan fingerprint density at radius 3 is 0.586 bits per heavy atom. The van der Waals surface area contributed by atoms with Crippen molar-refractivity contribution in [1.29, 1.82) is 0 Å². The van der Waals surface area contributed by atoms with Gasteiger partial charge in [0.15, 0.2) is 0 Å². The number of hydrogen-bond acceptors (Lipinski definition) is 14. The molecule has 0 fully saturated rings. The number of unbranched alkanes of at least 4 members (excludes halogenated alkanes) is 42. The van der Waals surface area contributed by atoms with E-state index in [9.17, 15) is 45.1 Å². The van der Waals surface area contributed by atoms with E-state index in [0.717, 1.165) is 38.5 Å². The van der Waals surface area contributed by atoms with Crippen molar-refractivity contribution in [2.75, 3.05) is 37.9 Å². The second-order valence-electron chi connectivity index (χ2n) is 23.7. The van der Waals surface area contributed by atoms with Gasteiger partial charge in [-0.05, 0) is 49.9 Å². The molecule has 0 heterocycles. The summed E-state index contributed by atoms with van der Waals surface area (Å²) in [7, 11) is -8.72. The zero-order valence-corrected chi connectivity index (χ0v) is 58.5. The molecule has 0 spiro atoms. The van der Waals surface area contributed by atoms with Gasteiger partial charge in [-0.3, -0.25) is 0 Å². The topological polar surface area (TPSA) is 220 Å². The monoisotopic (exact) mass is 1290 g/mol. The molecule has 2 aromatic carbocycles. The van der Waals surface area contributed by atoms with Crippen molar-refractivity contribution in [1.82, 2.24) is 0 Å². The van der Waals surface area contributed by atoms with E-state index in [1.54, 1.807) is 24.3 Å². The zero-order chi connectivity index (χ0) is 62.9. The normalized spacial score (nSPS) is 11.4. The van der Waals surface area contributed by atoms with E-state index in [1.165, 1.54) is 268 Å². The maximum Gasteiger partial charge on any atom is 2.00 e. The van der Waals surface area contributed by atoms with E-state index in [0.29, 0.717) is 13.2 Å². The summed E-state index contributed by atoms with van der Waals surface area (Å²) < 4.78 is 84.7. The molecule has 496 valence electrons. The Balaban J connectivity index is 0.00000168. The smallest absolute Gasteiger partial charge is 0.748 e. The maximum absolute atomic E-state index is 12.5. The van der Waals surface area contributed by atoms with Gasteiger partial charge in [0.2, 0.25) is 0 Å². The first kappa shape index (κ1) is 84.4. The molecule has 0 aliphatic rings. The van der Waals surface area contributed by atoms with Crippen molar-refractivity contribution in [3.8, 4) is 0 Å². The van der Waals surface area contributed by atoms with E-state index >= 15 is 0 Å². The predicted octanol–water partition coefficient (Wildman–Crippen LogP) is 18.7. The van der Waals surface area contributed by atoms with Crippen molar-refractivity contribution >= 4 is 81.9 Å². The van der Waals surface area contributed by atoms with E-state index in [2.05, 4.69) is 13.8 Å².